The number of anilines is 1. The molecule has 0 spiro atoms. The number of hydrogen-bond donors (Lipinski definition) is 1. The van der Waals surface area contributed by atoms with E-state index in [9.17, 15) is 13.2 Å². The smallest absolute Gasteiger partial charge is 0.264 e. The maximum absolute atomic E-state index is 14.0. The van der Waals surface area contributed by atoms with E-state index in [2.05, 4.69) is 37.4 Å². The molecule has 0 unspecified atom stereocenters. The molecule has 0 heterocycles. The highest BCUT2D eigenvalue weighted by atomic mass is 35.5. The Balaban J connectivity index is 1.72. The van der Waals surface area contributed by atoms with Crippen LogP contribution in [0.2, 0.25) is 5.02 Å². The first-order valence-corrected chi connectivity index (χ1v) is 14.9. The lowest BCUT2D eigenvalue weighted by atomic mass is 10.0. The largest absolute Gasteiger partial charge is 0.348 e. The minimum Gasteiger partial charge on any atom is -0.348 e. The second kappa shape index (κ2) is 12.5. The molecule has 4 rings (SSSR count). The second-order valence-electron chi connectivity index (χ2n) is 9.46. The Morgan fingerprint density at radius 3 is 2.15 bits per heavy atom. The van der Waals surface area contributed by atoms with Crippen molar-refractivity contribution in [2.45, 2.75) is 51.6 Å². The molecule has 4 aromatic rings. The highest BCUT2D eigenvalue weighted by Gasteiger charge is 2.28. The number of nitrogens with zero attached hydrogens (tertiary/aromatic N) is 1. The molecule has 0 aliphatic heterocycles. The van der Waals surface area contributed by atoms with Gasteiger partial charge in [0, 0.05) is 11.6 Å². The van der Waals surface area contributed by atoms with Gasteiger partial charge in [0.1, 0.15) is 0 Å². The van der Waals surface area contributed by atoms with Crippen molar-refractivity contribution in [3.8, 4) is 0 Å². The zero-order valence-corrected chi connectivity index (χ0v) is 24.0. The Morgan fingerprint density at radius 1 is 0.821 bits per heavy atom. The Labute approximate surface area is 236 Å². The van der Waals surface area contributed by atoms with E-state index in [4.69, 9.17) is 11.6 Å². The number of sulfonamides is 1. The van der Waals surface area contributed by atoms with Crippen molar-refractivity contribution >= 4 is 33.2 Å². The lowest BCUT2D eigenvalue weighted by molar-refractivity contribution is 0.0951. The normalized spacial score (nSPS) is 11.3. The number of amides is 1. The number of carbonyl (C=O) groups is 1. The van der Waals surface area contributed by atoms with Gasteiger partial charge in [0.25, 0.3) is 15.9 Å². The fraction of sp³-hybridized carbons (Fsp3) is 0.219. The summed E-state index contributed by atoms with van der Waals surface area (Å²) in [4.78, 5) is 13.7. The summed E-state index contributed by atoms with van der Waals surface area (Å²) < 4.78 is 29.3. The van der Waals surface area contributed by atoms with Crippen LogP contribution >= 0.6 is 11.6 Å². The van der Waals surface area contributed by atoms with Gasteiger partial charge >= 0.3 is 0 Å². The molecule has 202 valence electrons. The van der Waals surface area contributed by atoms with Crippen LogP contribution in [0.25, 0.3) is 0 Å². The van der Waals surface area contributed by atoms with Gasteiger partial charge in [-0.05, 0) is 78.4 Å². The molecular formula is C32H33ClN2O3S. The van der Waals surface area contributed by atoms with Crippen LogP contribution in [0.15, 0.2) is 95.9 Å². The first kappa shape index (κ1) is 28.4. The molecule has 39 heavy (non-hydrogen) atoms. The molecule has 1 N–H and O–H groups in total. The molecule has 0 bridgehead atoms. The van der Waals surface area contributed by atoms with E-state index >= 15 is 0 Å². The third-order valence-electron chi connectivity index (χ3n) is 6.77. The van der Waals surface area contributed by atoms with Gasteiger partial charge < -0.3 is 5.32 Å². The number of aryl methyl sites for hydroxylation is 3. The summed E-state index contributed by atoms with van der Waals surface area (Å²) in [5.41, 5.74) is 5.73. The van der Waals surface area contributed by atoms with Crippen molar-refractivity contribution in [1.29, 1.82) is 0 Å². The number of hydrogen-bond acceptors (Lipinski definition) is 3. The number of para-hydroxylation sites is 1. The molecule has 0 aliphatic rings. The van der Waals surface area contributed by atoms with Crippen LogP contribution in [0.3, 0.4) is 0 Å². The maximum atomic E-state index is 14.0. The van der Waals surface area contributed by atoms with Crippen LogP contribution in [0.5, 0.6) is 0 Å². The van der Waals surface area contributed by atoms with E-state index in [1.54, 1.807) is 72.8 Å². The standard InChI is InChI=1S/C32H33ClN2O3S/c1-4-24-12-15-26(5-2)27(20-24)21-34-32(36)30-8-6-7-9-31(30)35(22-25-13-16-28(33)17-14-25)39(37,38)29-18-10-23(3)11-19-29/h6-20H,4-5,21-22H2,1-3H3,(H,34,36). The number of halogens is 1. The van der Waals surface area contributed by atoms with E-state index in [1.165, 1.54) is 15.4 Å². The molecule has 5 nitrogen and oxygen atoms in total. The number of nitrogens with one attached hydrogen (secondary N) is 1. The molecule has 0 aromatic heterocycles. The van der Waals surface area contributed by atoms with E-state index in [-0.39, 0.29) is 22.9 Å². The SMILES string of the molecule is CCc1ccc(CC)c(CNC(=O)c2ccccc2N(Cc2ccc(Cl)cc2)S(=O)(=O)c2ccc(C)cc2)c1. The predicted molar refractivity (Wildman–Crippen MR) is 159 cm³/mol. The van der Waals surface area contributed by atoms with Crippen LogP contribution in [0.4, 0.5) is 5.69 Å². The van der Waals surface area contributed by atoms with E-state index in [1.807, 2.05) is 6.92 Å². The van der Waals surface area contributed by atoms with Crippen LogP contribution in [0, 0.1) is 6.92 Å². The van der Waals surface area contributed by atoms with Crippen LogP contribution in [-0.4, -0.2) is 14.3 Å². The van der Waals surface area contributed by atoms with Crippen LogP contribution < -0.4 is 9.62 Å². The molecule has 1 amide bonds. The summed E-state index contributed by atoms with van der Waals surface area (Å²) in [7, 11) is -4.00. The Hall–Kier alpha value is -3.61. The number of rotatable bonds is 10. The van der Waals surface area contributed by atoms with Gasteiger partial charge in [-0.2, -0.15) is 0 Å². The van der Waals surface area contributed by atoms with Crippen molar-refractivity contribution in [1.82, 2.24) is 5.32 Å². The fourth-order valence-corrected chi connectivity index (χ4v) is 6.05. The molecule has 7 heteroatoms. The molecule has 0 saturated heterocycles. The lowest BCUT2D eigenvalue weighted by Gasteiger charge is -2.27. The molecule has 0 radical (unpaired) electrons. The van der Waals surface area contributed by atoms with Crippen LogP contribution in [-0.2, 0) is 36.0 Å². The Bertz CT molecular complexity index is 1550. The Morgan fingerprint density at radius 2 is 1.49 bits per heavy atom. The van der Waals surface area contributed by atoms with Crippen LogP contribution in [0.1, 0.15) is 52.0 Å². The van der Waals surface area contributed by atoms with Crippen molar-refractivity contribution < 1.29 is 13.2 Å². The van der Waals surface area contributed by atoms with Gasteiger partial charge in [0.2, 0.25) is 0 Å². The summed E-state index contributed by atoms with van der Waals surface area (Å²) in [6, 6.07) is 26.9. The minimum atomic E-state index is -4.00. The molecule has 0 saturated carbocycles. The van der Waals surface area contributed by atoms with Crippen molar-refractivity contribution in [3.05, 3.63) is 129 Å². The van der Waals surface area contributed by atoms with E-state index in [0.717, 1.165) is 29.5 Å². The summed E-state index contributed by atoms with van der Waals surface area (Å²) in [6.07, 6.45) is 1.76. The third kappa shape index (κ3) is 6.70. The first-order chi connectivity index (χ1) is 18.7. The molecule has 0 fully saturated rings. The summed E-state index contributed by atoms with van der Waals surface area (Å²) in [5, 5.41) is 3.59. The fourth-order valence-electron chi connectivity index (χ4n) is 4.46. The predicted octanol–water partition coefficient (Wildman–Crippen LogP) is 7.10. The highest BCUT2D eigenvalue weighted by Crippen LogP contribution is 2.30. The number of carbonyl (C=O) groups excluding carboxylic acids is 1. The lowest BCUT2D eigenvalue weighted by Crippen LogP contribution is -2.33. The first-order valence-electron chi connectivity index (χ1n) is 13.0. The maximum Gasteiger partial charge on any atom is 0.264 e. The Kier molecular flexibility index (Phi) is 9.10. The summed E-state index contributed by atoms with van der Waals surface area (Å²) >= 11 is 6.07. The molecular weight excluding hydrogens is 528 g/mol. The van der Waals surface area contributed by atoms with E-state index in [0.29, 0.717) is 17.3 Å². The van der Waals surface area contributed by atoms with Crippen molar-refractivity contribution in [3.63, 3.8) is 0 Å². The topological polar surface area (TPSA) is 66.5 Å². The van der Waals surface area contributed by atoms with Crippen molar-refractivity contribution in [2.75, 3.05) is 4.31 Å². The van der Waals surface area contributed by atoms with Gasteiger partial charge in [-0.15, -0.1) is 0 Å². The van der Waals surface area contributed by atoms with Gasteiger partial charge in [-0.1, -0.05) is 85.6 Å². The third-order valence-corrected chi connectivity index (χ3v) is 8.79. The zero-order valence-electron chi connectivity index (χ0n) is 22.4. The average Bonchev–Trinajstić information content (AvgIpc) is 2.95. The monoisotopic (exact) mass is 560 g/mol. The van der Waals surface area contributed by atoms with E-state index < -0.39 is 10.0 Å². The highest BCUT2D eigenvalue weighted by molar-refractivity contribution is 7.92. The molecule has 0 atom stereocenters. The molecule has 4 aromatic carbocycles. The summed E-state index contributed by atoms with van der Waals surface area (Å²) in [5.74, 6) is -0.338. The number of benzene rings is 4. The van der Waals surface area contributed by atoms with Gasteiger partial charge in [-0.25, -0.2) is 8.42 Å². The molecule has 0 aliphatic carbocycles. The van der Waals surface area contributed by atoms with Crippen molar-refractivity contribution in [2.24, 2.45) is 0 Å². The van der Waals surface area contributed by atoms with Gasteiger partial charge in [-0.3, -0.25) is 9.10 Å². The summed E-state index contributed by atoms with van der Waals surface area (Å²) in [6.45, 7) is 6.49. The average molecular weight is 561 g/mol. The quantitative estimate of drug-likeness (QED) is 0.225. The second-order valence-corrected chi connectivity index (χ2v) is 11.8. The minimum absolute atomic E-state index is 0.0379. The zero-order chi connectivity index (χ0) is 28.0. The van der Waals surface area contributed by atoms with Gasteiger partial charge in [0.05, 0.1) is 22.7 Å². The van der Waals surface area contributed by atoms with Gasteiger partial charge in [0.15, 0.2) is 0 Å².